The first-order chi connectivity index (χ1) is 10.7. The molecule has 2 atom stereocenters. The van der Waals surface area contributed by atoms with E-state index in [2.05, 4.69) is 5.32 Å². The Bertz CT molecular complexity index is 599. The lowest BCUT2D eigenvalue weighted by atomic mass is 10.3. The molecule has 1 aliphatic heterocycles. The molecule has 0 aromatic heterocycles. The third kappa shape index (κ3) is 3.73. The third-order valence-corrected chi connectivity index (χ3v) is 3.09. The number of nitrogens with one attached hydrogen (secondary N) is 2. The van der Waals surface area contributed by atoms with Crippen molar-refractivity contribution in [3.63, 3.8) is 0 Å². The van der Waals surface area contributed by atoms with Gasteiger partial charge in [0.15, 0.2) is 11.5 Å². The van der Waals surface area contributed by atoms with Crippen LogP contribution in [0.2, 0.25) is 5.02 Å². The van der Waals surface area contributed by atoms with Gasteiger partial charge in [-0.25, -0.2) is 4.79 Å². The van der Waals surface area contributed by atoms with Gasteiger partial charge in [-0.15, -0.1) is 0 Å². The molecule has 2 N–H and O–H groups in total. The van der Waals surface area contributed by atoms with Gasteiger partial charge in [-0.2, -0.15) is 13.2 Å². The molecule has 0 unspecified atom stereocenters. The normalized spacial score (nSPS) is 21.0. The lowest BCUT2D eigenvalue weighted by Gasteiger charge is -2.30. The van der Waals surface area contributed by atoms with Gasteiger partial charge >= 0.3 is 18.1 Å². The monoisotopic (exact) mass is 354 g/mol. The van der Waals surface area contributed by atoms with E-state index in [4.69, 9.17) is 25.8 Å². The Hall–Kier alpha value is -1.87. The molecule has 6 nitrogen and oxygen atoms in total. The molecule has 10 heteroatoms. The fraction of sp³-hybridized carbons (Fsp3) is 0.462. The summed E-state index contributed by atoms with van der Waals surface area (Å²) in [6.45, 7) is 1.69. The maximum atomic E-state index is 13.4. The molecule has 0 spiro atoms. The molecule has 1 heterocycles. The fourth-order valence-electron chi connectivity index (χ4n) is 1.92. The average molecular weight is 355 g/mol. The molecule has 0 aliphatic carbocycles. The van der Waals surface area contributed by atoms with E-state index in [1.807, 2.05) is 0 Å². The number of benzene rings is 1. The van der Waals surface area contributed by atoms with Crippen LogP contribution in [0.4, 0.5) is 18.0 Å². The van der Waals surface area contributed by atoms with Gasteiger partial charge in [0.2, 0.25) is 0 Å². The molecule has 0 fully saturated rings. The number of alkyl halides is 3. The zero-order chi connectivity index (χ0) is 17.3. The van der Waals surface area contributed by atoms with Crippen LogP contribution in [-0.2, 0) is 4.74 Å². The van der Waals surface area contributed by atoms with Gasteiger partial charge in [-0.05, 0) is 19.1 Å². The number of halogens is 4. The van der Waals surface area contributed by atoms with Crippen molar-refractivity contribution in [3.05, 3.63) is 23.2 Å². The van der Waals surface area contributed by atoms with Crippen molar-refractivity contribution in [3.8, 4) is 11.5 Å². The molecule has 128 valence electrons. The Kier molecular flexibility index (Phi) is 4.81. The second kappa shape index (κ2) is 6.32. The molecular weight excluding hydrogens is 341 g/mol. The van der Waals surface area contributed by atoms with Gasteiger partial charge in [-0.1, -0.05) is 11.6 Å². The molecule has 0 saturated carbocycles. The molecular formula is C13H14ClF3N2O4. The van der Waals surface area contributed by atoms with Crippen LogP contribution >= 0.6 is 11.6 Å². The topological polar surface area (TPSA) is 68.8 Å². The number of amides is 2. The highest BCUT2D eigenvalue weighted by Gasteiger charge is 2.65. The van der Waals surface area contributed by atoms with Crippen LogP contribution in [0.5, 0.6) is 11.5 Å². The number of methoxy groups -OCH3 is 1. The van der Waals surface area contributed by atoms with Gasteiger partial charge < -0.3 is 19.5 Å². The van der Waals surface area contributed by atoms with Crippen LogP contribution in [0.15, 0.2) is 18.2 Å². The van der Waals surface area contributed by atoms with Crippen LogP contribution in [-0.4, -0.2) is 37.9 Å². The molecule has 0 radical (unpaired) electrons. The van der Waals surface area contributed by atoms with Crippen molar-refractivity contribution in [2.75, 3.05) is 13.7 Å². The van der Waals surface area contributed by atoms with E-state index in [0.717, 1.165) is 6.07 Å². The van der Waals surface area contributed by atoms with Crippen molar-refractivity contribution in [1.82, 2.24) is 10.6 Å². The quantitative estimate of drug-likeness (QED) is 0.872. The summed E-state index contributed by atoms with van der Waals surface area (Å²) in [5, 5.41) is 4.12. The molecule has 0 bridgehead atoms. The first-order valence-corrected chi connectivity index (χ1v) is 6.86. The summed E-state index contributed by atoms with van der Waals surface area (Å²) >= 11 is 5.71. The summed E-state index contributed by atoms with van der Waals surface area (Å²) in [5.74, 6) is -3.73. The maximum Gasteiger partial charge on any atom is 0.492 e. The Morgan fingerprint density at radius 2 is 2.04 bits per heavy atom. The summed E-state index contributed by atoms with van der Waals surface area (Å²) in [4.78, 5) is 11.8. The van der Waals surface area contributed by atoms with Crippen molar-refractivity contribution in [2.24, 2.45) is 0 Å². The zero-order valence-electron chi connectivity index (χ0n) is 12.2. The van der Waals surface area contributed by atoms with Crippen molar-refractivity contribution in [2.45, 2.75) is 25.1 Å². The highest BCUT2D eigenvalue weighted by Crippen LogP contribution is 2.45. The van der Waals surface area contributed by atoms with Gasteiger partial charge in [0.1, 0.15) is 0 Å². The number of carbonyl (C=O) groups is 1. The lowest BCUT2D eigenvalue weighted by molar-refractivity contribution is -0.317. The predicted octanol–water partition coefficient (Wildman–Crippen LogP) is 2.66. The average Bonchev–Trinajstić information content (AvgIpc) is 2.76. The highest BCUT2D eigenvalue weighted by atomic mass is 35.5. The van der Waals surface area contributed by atoms with Gasteiger partial charge in [0, 0.05) is 18.2 Å². The molecule has 2 amide bonds. The minimum atomic E-state index is -5.03. The number of hydrogen-bond acceptors (Lipinski definition) is 4. The Balaban J connectivity index is 2.18. The molecule has 1 aliphatic rings. The summed E-state index contributed by atoms with van der Waals surface area (Å²) in [5.41, 5.74) is 0. The van der Waals surface area contributed by atoms with Gasteiger partial charge in [0.25, 0.3) is 0 Å². The number of carbonyl (C=O) groups excluding carboxylic acids is 1. The van der Waals surface area contributed by atoms with Crippen LogP contribution in [0.1, 0.15) is 6.92 Å². The van der Waals surface area contributed by atoms with Crippen LogP contribution in [0.3, 0.4) is 0 Å². The number of hydrogen-bond donors (Lipinski definition) is 2. The first kappa shape index (κ1) is 17.5. The summed E-state index contributed by atoms with van der Waals surface area (Å²) in [7, 11) is 1.40. The third-order valence-electron chi connectivity index (χ3n) is 2.86. The molecule has 1 aromatic rings. The van der Waals surface area contributed by atoms with Crippen molar-refractivity contribution < 1.29 is 32.2 Å². The van der Waals surface area contributed by atoms with Crippen molar-refractivity contribution >= 4 is 17.6 Å². The lowest BCUT2D eigenvalue weighted by Crippen LogP contribution is -2.66. The fourth-order valence-corrected chi connectivity index (χ4v) is 2.08. The largest absolute Gasteiger partial charge is 0.492 e. The standard InChI is InChI=1S/C13H14ClF3N2O4/c1-7(6-21-2)18-11(20)19-13(12(15,16)17)22-9-4-3-8(14)5-10(9)23-13/h3-5,7H,6H2,1-2H3,(H2,18,19,20)/t7-,13-/m0/s1. The van der Waals surface area contributed by atoms with Crippen LogP contribution in [0.25, 0.3) is 0 Å². The zero-order valence-corrected chi connectivity index (χ0v) is 12.9. The Labute approximate surface area is 134 Å². The van der Waals surface area contributed by atoms with Crippen LogP contribution in [0, 0.1) is 0 Å². The van der Waals surface area contributed by atoms with E-state index in [1.165, 1.54) is 19.2 Å². The highest BCUT2D eigenvalue weighted by molar-refractivity contribution is 6.30. The predicted molar refractivity (Wildman–Crippen MR) is 74.5 cm³/mol. The second-order valence-corrected chi connectivity index (χ2v) is 5.30. The van der Waals surface area contributed by atoms with E-state index in [1.54, 1.807) is 12.2 Å². The maximum absolute atomic E-state index is 13.4. The second-order valence-electron chi connectivity index (χ2n) is 4.86. The number of ether oxygens (including phenoxy) is 3. The van der Waals surface area contributed by atoms with Gasteiger partial charge in [0.05, 0.1) is 12.6 Å². The smallest absolute Gasteiger partial charge is 0.424 e. The van der Waals surface area contributed by atoms with Gasteiger partial charge in [-0.3, -0.25) is 5.32 Å². The minimum Gasteiger partial charge on any atom is -0.424 e. The Morgan fingerprint density at radius 3 is 2.65 bits per heavy atom. The minimum absolute atomic E-state index is 0.129. The van der Waals surface area contributed by atoms with E-state index in [0.29, 0.717) is 0 Å². The molecule has 0 saturated heterocycles. The van der Waals surface area contributed by atoms with E-state index in [-0.39, 0.29) is 23.1 Å². The molecule has 2 rings (SSSR count). The van der Waals surface area contributed by atoms with E-state index < -0.39 is 24.2 Å². The number of urea groups is 1. The summed E-state index contributed by atoms with van der Waals surface area (Å²) in [6, 6.07) is 2.10. The summed E-state index contributed by atoms with van der Waals surface area (Å²) < 4.78 is 54.6. The van der Waals surface area contributed by atoms with E-state index >= 15 is 0 Å². The van der Waals surface area contributed by atoms with Crippen molar-refractivity contribution in [1.29, 1.82) is 0 Å². The SMILES string of the molecule is COC[C@H](C)NC(=O)N[C@@]1(C(F)(F)F)Oc2ccc(Cl)cc2O1. The number of fused-ring (bicyclic) bond motifs is 1. The molecule has 23 heavy (non-hydrogen) atoms. The van der Waals surface area contributed by atoms with E-state index in [9.17, 15) is 18.0 Å². The van der Waals surface area contributed by atoms with Crippen LogP contribution < -0.4 is 20.1 Å². The molecule has 1 aromatic carbocycles. The summed E-state index contributed by atoms with van der Waals surface area (Å²) in [6.07, 6.45) is -5.03. The number of rotatable bonds is 4. The Morgan fingerprint density at radius 1 is 1.39 bits per heavy atom. The first-order valence-electron chi connectivity index (χ1n) is 6.49.